The summed E-state index contributed by atoms with van der Waals surface area (Å²) in [6.45, 7) is 1.09. The van der Waals surface area contributed by atoms with Gasteiger partial charge in [0.2, 0.25) is 0 Å². The quantitative estimate of drug-likeness (QED) is 0.778. The summed E-state index contributed by atoms with van der Waals surface area (Å²) in [6.07, 6.45) is 4.87. The van der Waals surface area contributed by atoms with Crippen LogP contribution < -0.4 is 5.32 Å². The average Bonchev–Trinajstić information content (AvgIpc) is 3.10. The van der Waals surface area contributed by atoms with Crippen LogP contribution in [-0.4, -0.2) is 18.6 Å². The van der Waals surface area contributed by atoms with Crippen molar-refractivity contribution in [2.24, 2.45) is 5.92 Å². The lowest BCUT2D eigenvalue weighted by molar-refractivity contribution is 0.498. The van der Waals surface area contributed by atoms with E-state index in [1.54, 1.807) is 0 Å². The zero-order chi connectivity index (χ0) is 11.4. The van der Waals surface area contributed by atoms with Gasteiger partial charge in [-0.15, -0.1) is 0 Å². The summed E-state index contributed by atoms with van der Waals surface area (Å²) in [5.74, 6) is 2.01. The maximum Gasteiger partial charge on any atom is 0.0406 e. The van der Waals surface area contributed by atoms with Crippen molar-refractivity contribution in [2.45, 2.75) is 18.9 Å². The Morgan fingerprint density at radius 1 is 1.38 bits per heavy atom. The second kappa shape index (κ2) is 5.95. The van der Waals surface area contributed by atoms with E-state index in [0.717, 1.165) is 17.5 Å². The van der Waals surface area contributed by atoms with Crippen LogP contribution in [0.4, 0.5) is 0 Å². The van der Waals surface area contributed by atoms with Crippen LogP contribution in [0, 0.1) is 5.92 Å². The highest BCUT2D eigenvalue weighted by Gasteiger charge is 2.31. The molecule has 0 aromatic heterocycles. The largest absolute Gasteiger partial charge is 0.309 e. The van der Waals surface area contributed by atoms with E-state index in [1.165, 1.54) is 24.2 Å². The predicted molar refractivity (Wildman–Crippen MR) is 73.3 cm³/mol. The molecule has 3 heteroatoms. The van der Waals surface area contributed by atoms with Crippen molar-refractivity contribution in [1.82, 2.24) is 5.32 Å². The van der Waals surface area contributed by atoms with Gasteiger partial charge in [-0.2, -0.15) is 11.8 Å². The van der Waals surface area contributed by atoms with E-state index in [-0.39, 0.29) is 0 Å². The molecule has 2 rings (SSSR count). The summed E-state index contributed by atoms with van der Waals surface area (Å²) in [6, 6.07) is 8.81. The molecule has 0 radical (unpaired) electrons. The average molecular weight is 256 g/mol. The molecule has 1 aromatic carbocycles. The van der Waals surface area contributed by atoms with Crippen LogP contribution in [0.3, 0.4) is 0 Å². The van der Waals surface area contributed by atoms with Gasteiger partial charge in [0, 0.05) is 23.4 Å². The van der Waals surface area contributed by atoms with E-state index in [2.05, 4.69) is 23.7 Å². The second-order valence-electron chi connectivity index (χ2n) is 4.31. The van der Waals surface area contributed by atoms with E-state index in [0.29, 0.717) is 6.04 Å². The maximum absolute atomic E-state index is 5.91. The molecule has 1 nitrogen and oxygen atoms in total. The topological polar surface area (TPSA) is 12.0 Å². The Morgan fingerprint density at radius 3 is 2.62 bits per heavy atom. The van der Waals surface area contributed by atoms with Crippen molar-refractivity contribution in [3.8, 4) is 0 Å². The fourth-order valence-corrected chi connectivity index (χ4v) is 2.42. The lowest BCUT2D eigenvalue weighted by Gasteiger charge is -2.18. The Hall–Kier alpha value is -0.180. The standard InChI is InChI=1S/C13H18ClNS/c1-16-9-8-15-13(10-2-3-10)11-4-6-12(14)7-5-11/h4-7,10,13,15H,2-3,8-9H2,1H3. The van der Waals surface area contributed by atoms with Crippen molar-refractivity contribution >= 4 is 23.4 Å². The first kappa shape index (κ1) is 12.3. The molecule has 0 saturated heterocycles. The zero-order valence-electron chi connectivity index (χ0n) is 9.58. The highest BCUT2D eigenvalue weighted by atomic mass is 35.5. The van der Waals surface area contributed by atoms with Gasteiger partial charge in [-0.05, 0) is 42.7 Å². The molecule has 1 unspecified atom stereocenters. The summed E-state index contributed by atoms with van der Waals surface area (Å²) >= 11 is 7.80. The van der Waals surface area contributed by atoms with Crippen LogP contribution in [0.15, 0.2) is 24.3 Å². The van der Waals surface area contributed by atoms with E-state index < -0.39 is 0 Å². The summed E-state index contributed by atoms with van der Waals surface area (Å²) < 4.78 is 0. The van der Waals surface area contributed by atoms with E-state index in [4.69, 9.17) is 11.6 Å². The number of rotatable bonds is 6. The van der Waals surface area contributed by atoms with Gasteiger partial charge in [-0.25, -0.2) is 0 Å². The third-order valence-corrected chi connectivity index (χ3v) is 3.86. The molecule has 1 aliphatic rings. The molecule has 1 aliphatic carbocycles. The molecule has 0 spiro atoms. The van der Waals surface area contributed by atoms with Gasteiger partial charge >= 0.3 is 0 Å². The van der Waals surface area contributed by atoms with Crippen LogP contribution >= 0.6 is 23.4 Å². The molecular formula is C13H18ClNS. The van der Waals surface area contributed by atoms with Gasteiger partial charge < -0.3 is 5.32 Å². The van der Waals surface area contributed by atoms with E-state index >= 15 is 0 Å². The van der Waals surface area contributed by atoms with Crippen molar-refractivity contribution in [3.63, 3.8) is 0 Å². The van der Waals surface area contributed by atoms with Crippen molar-refractivity contribution < 1.29 is 0 Å². The lowest BCUT2D eigenvalue weighted by Crippen LogP contribution is -2.25. The van der Waals surface area contributed by atoms with Gasteiger partial charge in [0.25, 0.3) is 0 Å². The minimum Gasteiger partial charge on any atom is -0.309 e. The fourth-order valence-electron chi connectivity index (χ4n) is 1.97. The summed E-state index contributed by atoms with van der Waals surface area (Å²) in [5.41, 5.74) is 1.38. The fraction of sp³-hybridized carbons (Fsp3) is 0.538. The third-order valence-electron chi connectivity index (χ3n) is 2.99. The number of benzene rings is 1. The minimum absolute atomic E-state index is 0.532. The van der Waals surface area contributed by atoms with E-state index in [1.807, 2.05) is 23.9 Å². The Balaban J connectivity index is 1.98. The first-order valence-corrected chi connectivity index (χ1v) is 7.56. The van der Waals surface area contributed by atoms with Crippen LogP contribution in [0.5, 0.6) is 0 Å². The summed E-state index contributed by atoms with van der Waals surface area (Å²) in [5, 5.41) is 4.48. The SMILES string of the molecule is CSCCNC(c1ccc(Cl)cc1)C1CC1. The van der Waals surface area contributed by atoms with Gasteiger partial charge in [0.1, 0.15) is 0 Å². The van der Waals surface area contributed by atoms with Crippen LogP contribution in [0.2, 0.25) is 5.02 Å². The van der Waals surface area contributed by atoms with E-state index in [9.17, 15) is 0 Å². The monoisotopic (exact) mass is 255 g/mol. The van der Waals surface area contributed by atoms with Crippen LogP contribution in [0.25, 0.3) is 0 Å². The highest BCUT2D eigenvalue weighted by molar-refractivity contribution is 7.98. The molecule has 88 valence electrons. The molecule has 1 saturated carbocycles. The molecule has 0 heterocycles. The minimum atomic E-state index is 0.532. The molecule has 0 bridgehead atoms. The van der Waals surface area contributed by atoms with Crippen molar-refractivity contribution in [1.29, 1.82) is 0 Å². The van der Waals surface area contributed by atoms with Crippen molar-refractivity contribution in [3.05, 3.63) is 34.9 Å². The smallest absolute Gasteiger partial charge is 0.0406 e. The maximum atomic E-state index is 5.91. The number of hydrogen-bond acceptors (Lipinski definition) is 2. The Bertz CT molecular complexity index is 321. The number of hydrogen-bond donors (Lipinski definition) is 1. The molecule has 1 aromatic rings. The Kier molecular flexibility index (Phi) is 4.56. The zero-order valence-corrected chi connectivity index (χ0v) is 11.2. The summed E-state index contributed by atoms with van der Waals surface area (Å²) in [4.78, 5) is 0. The Labute approximate surface area is 107 Å². The number of halogens is 1. The number of thioether (sulfide) groups is 1. The molecule has 16 heavy (non-hydrogen) atoms. The van der Waals surface area contributed by atoms with Gasteiger partial charge in [0.05, 0.1) is 0 Å². The molecule has 1 fully saturated rings. The molecule has 1 atom stereocenters. The first-order valence-electron chi connectivity index (χ1n) is 5.79. The molecule has 1 N–H and O–H groups in total. The highest BCUT2D eigenvalue weighted by Crippen LogP contribution is 2.41. The van der Waals surface area contributed by atoms with Crippen molar-refractivity contribution in [2.75, 3.05) is 18.6 Å². The first-order chi connectivity index (χ1) is 7.81. The predicted octanol–water partition coefficient (Wildman–Crippen LogP) is 3.74. The van der Waals surface area contributed by atoms with Crippen LogP contribution in [-0.2, 0) is 0 Å². The Morgan fingerprint density at radius 2 is 2.06 bits per heavy atom. The van der Waals surface area contributed by atoms with Crippen LogP contribution in [0.1, 0.15) is 24.4 Å². The molecule has 0 amide bonds. The van der Waals surface area contributed by atoms with Gasteiger partial charge in [-0.3, -0.25) is 0 Å². The number of nitrogens with one attached hydrogen (secondary N) is 1. The lowest BCUT2D eigenvalue weighted by atomic mass is 10.0. The summed E-state index contributed by atoms with van der Waals surface area (Å²) in [7, 11) is 0. The normalized spacial score (nSPS) is 17.4. The second-order valence-corrected chi connectivity index (χ2v) is 5.74. The molecular weight excluding hydrogens is 238 g/mol. The van der Waals surface area contributed by atoms with Gasteiger partial charge in [-0.1, -0.05) is 23.7 Å². The van der Waals surface area contributed by atoms with Gasteiger partial charge in [0.15, 0.2) is 0 Å². The molecule has 0 aliphatic heterocycles. The third kappa shape index (κ3) is 3.41.